The van der Waals surface area contributed by atoms with Gasteiger partial charge in [-0.3, -0.25) is 0 Å². The van der Waals surface area contributed by atoms with Crippen LogP contribution in [0.25, 0.3) is 0 Å². The molecule has 1 unspecified atom stereocenters. The SMILES string of the molecule is OC(CN1CCC(OCCOc2ccccc2)CC1)c1ccccc1. The lowest BCUT2D eigenvalue weighted by Gasteiger charge is -2.33. The summed E-state index contributed by atoms with van der Waals surface area (Å²) in [7, 11) is 0. The summed E-state index contributed by atoms with van der Waals surface area (Å²) in [5.41, 5.74) is 0.985. The molecule has 134 valence electrons. The second kappa shape index (κ2) is 9.56. The number of aliphatic hydroxyl groups is 1. The Morgan fingerprint density at radius 1 is 0.920 bits per heavy atom. The Kier molecular flexibility index (Phi) is 6.86. The fraction of sp³-hybridized carbons (Fsp3) is 0.429. The minimum Gasteiger partial charge on any atom is -0.491 e. The number of piperidine rings is 1. The normalized spacial score (nSPS) is 17.3. The molecule has 3 rings (SSSR count). The van der Waals surface area contributed by atoms with Crippen LogP contribution in [-0.4, -0.2) is 49.0 Å². The van der Waals surface area contributed by atoms with E-state index in [1.54, 1.807) is 0 Å². The molecule has 4 nitrogen and oxygen atoms in total. The lowest BCUT2D eigenvalue weighted by atomic mass is 10.1. The summed E-state index contributed by atoms with van der Waals surface area (Å²) < 4.78 is 11.6. The Bertz CT molecular complexity index is 597. The Labute approximate surface area is 150 Å². The molecule has 1 fully saturated rings. The Morgan fingerprint density at radius 3 is 2.24 bits per heavy atom. The lowest BCUT2D eigenvalue weighted by molar-refractivity contribution is -0.0121. The molecule has 0 saturated carbocycles. The maximum Gasteiger partial charge on any atom is 0.119 e. The van der Waals surface area contributed by atoms with E-state index in [0.29, 0.717) is 25.9 Å². The summed E-state index contributed by atoms with van der Waals surface area (Å²) in [6, 6.07) is 19.7. The molecule has 0 radical (unpaired) electrons. The largest absolute Gasteiger partial charge is 0.491 e. The highest BCUT2D eigenvalue weighted by Gasteiger charge is 2.21. The number of hydrogen-bond acceptors (Lipinski definition) is 4. The highest BCUT2D eigenvalue weighted by Crippen LogP contribution is 2.19. The Hall–Kier alpha value is -1.88. The van der Waals surface area contributed by atoms with Crippen LogP contribution in [0.4, 0.5) is 0 Å². The molecule has 1 saturated heterocycles. The topological polar surface area (TPSA) is 41.9 Å². The molecular weight excluding hydrogens is 314 g/mol. The van der Waals surface area contributed by atoms with Crippen molar-refractivity contribution in [1.82, 2.24) is 4.90 Å². The first kappa shape index (κ1) is 17.9. The van der Waals surface area contributed by atoms with Gasteiger partial charge in [-0.25, -0.2) is 0 Å². The smallest absolute Gasteiger partial charge is 0.119 e. The fourth-order valence-corrected chi connectivity index (χ4v) is 3.17. The van der Waals surface area contributed by atoms with Gasteiger partial charge in [-0.2, -0.15) is 0 Å². The van der Waals surface area contributed by atoms with Crippen LogP contribution in [0.15, 0.2) is 60.7 Å². The molecule has 1 heterocycles. The van der Waals surface area contributed by atoms with E-state index in [-0.39, 0.29) is 0 Å². The zero-order valence-electron chi connectivity index (χ0n) is 14.6. The van der Waals surface area contributed by atoms with Gasteiger partial charge in [0, 0.05) is 19.6 Å². The van der Waals surface area contributed by atoms with Crippen molar-refractivity contribution in [2.24, 2.45) is 0 Å². The maximum atomic E-state index is 10.3. The predicted octanol–water partition coefficient (Wildman–Crippen LogP) is 3.28. The van der Waals surface area contributed by atoms with E-state index < -0.39 is 6.10 Å². The number of aliphatic hydroxyl groups excluding tert-OH is 1. The van der Waals surface area contributed by atoms with Gasteiger partial charge in [-0.1, -0.05) is 48.5 Å². The van der Waals surface area contributed by atoms with Crippen molar-refractivity contribution in [1.29, 1.82) is 0 Å². The minimum atomic E-state index is -0.419. The number of ether oxygens (including phenoxy) is 2. The molecule has 2 aromatic carbocycles. The van der Waals surface area contributed by atoms with Crippen LogP contribution >= 0.6 is 0 Å². The molecule has 1 atom stereocenters. The van der Waals surface area contributed by atoms with E-state index in [1.807, 2.05) is 60.7 Å². The first-order chi connectivity index (χ1) is 12.3. The van der Waals surface area contributed by atoms with Crippen molar-refractivity contribution in [2.45, 2.75) is 25.0 Å². The number of rotatable bonds is 8. The van der Waals surface area contributed by atoms with Crippen LogP contribution < -0.4 is 4.74 Å². The highest BCUT2D eigenvalue weighted by molar-refractivity contribution is 5.20. The highest BCUT2D eigenvalue weighted by atomic mass is 16.5. The first-order valence-electron chi connectivity index (χ1n) is 9.06. The van der Waals surface area contributed by atoms with Crippen molar-refractivity contribution in [3.8, 4) is 5.75 Å². The van der Waals surface area contributed by atoms with Gasteiger partial charge in [0.25, 0.3) is 0 Å². The Balaban J connectivity index is 1.31. The molecule has 2 aromatic rings. The van der Waals surface area contributed by atoms with E-state index >= 15 is 0 Å². The van der Waals surface area contributed by atoms with Gasteiger partial charge < -0.3 is 19.5 Å². The number of benzene rings is 2. The molecular formula is C21H27NO3. The van der Waals surface area contributed by atoms with Crippen molar-refractivity contribution in [3.63, 3.8) is 0 Å². The molecule has 0 spiro atoms. The van der Waals surface area contributed by atoms with Crippen LogP contribution in [0.3, 0.4) is 0 Å². The second-order valence-corrected chi connectivity index (χ2v) is 6.46. The predicted molar refractivity (Wildman–Crippen MR) is 98.8 cm³/mol. The van der Waals surface area contributed by atoms with E-state index in [1.165, 1.54) is 0 Å². The molecule has 4 heteroatoms. The molecule has 0 aromatic heterocycles. The van der Waals surface area contributed by atoms with Crippen molar-refractivity contribution < 1.29 is 14.6 Å². The van der Waals surface area contributed by atoms with Gasteiger partial charge in [-0.15, -0.1) is 0 Å². The van der Waals surface area contributed by atoms with Crippen LogP contribution in [0.1, 0.15) is 24.5 Å². The first-order valence-corrected chi connectivity index (χ1v) is 9.06. The molecule has 25 heavy (non-hydrogen) atoms. The summed E-state index contributed by atoms with van der Waals surface area (Å²) in [6.45, 7) is 3.82. The van der Waals surface area contributed by atoms with Gasteiger partial charge in [0.1, 0.15) is 12.4 Å². The summed E-state index contributed by atoms with van der Waals surface area (Å²) in [4.78, 5) is 2.32. The number of nitrogens with zero attached hydrogens (tertiary/aromatic N) is 1. The minimum absolute atomic E-state index is 0.296. The third-order valence-electron chi connectivity index (χ3n) is 4.60. The van der Waals surface area contributed by atoms with E-state index in [4.69, 9.17) is 9.47 Å². The van der Waals surface area contributed by atoms with Crippen LogP contribution in [-0.2, 0) is 4.74 Å². The van der Waals surface area contributed by atoms with Gasteiger partial charge in [-0.05, 0) is 30.5 Å². The van der Waals surface area contributed by atoms with Gasteiger partial charge in [0.15, 0.2) is 0 Å². The zero-order chi connectivity index (χ0) is 17.3. The summed E-state index contributed by atoms with van der Waals surface area (Å²) in [5.74, 6) is 0.885. The van der Waals surface area contributed by atoms with Crippen LogP contribution in [0, 0.1) is 0 Å². The van der Waals surface area contributed by atoms with Gasteiger partial charge in [0.05, 0.1) is 18.8 Å². The lowest BCUT2D eigenvalue weighted by Crippen LogP contribution is -2.39. The maximum absolute atomic E-state index is 10.3. The van der Waals surface area contributed by atoms with Crippen LogP contribution in [0.2, 0.25) is 0 Å². The van der Waals surface area contributed by atoms with Crippen molar-refractivity contribution in [2.75, 3.05) is 32.8 Å². The summed E-state index contributed by atoms with van der Waals surface area (Å²) in [5, 5.41) is 10.3. The van der Waals surface area contributed by atoms with Crippen molar-refractivity contribution >= 4 is 0 Å². The average Bonchev–Trinajstić information content (AvgIpc) is 2.68. The number of hydrogen-bond donors (Lipinski definition) is 1. The number of para-hydroxylation sites is 1. The summed E-state index contributed by atoms with van der Waals surface area (Å²) in [6.07, 6.45) is 1.89. The standard InChI is InChI=1S/C21H27NO3/c23-21(18-7-3-1-4-8-18)17-22-13-11-20(12-14-22)25-16-15-24-19-9-5-2-6-10-19/h1-10,20-21,23H,11-17H2. The van der Waals surface area contributed by atoms with Crippen molar-refractivity contribution in [3.05, 3.63) is 66.2 Å². The van der Waals surface area contributed by atoms with Gasteiger partial charge >= 0.3 is 0 Å². The number of β-amino-alcohol motifs (C(OH)–C–C–N with tert-alkyl or cyclic N) is 1. The molecule has 1 aliphatic rings. The fourth-order valence-electron chi connectivity index (χ4n) is 3.17. The molecule has 1 N–H and O–H groups in total. The molecule has 0 bridgehead atoms. The molecule has 0 amide bonds. The monoisotopic (exact) mass is 341 g/mol. The third kappa shape index (κ3) is 5.85. The molecule has 0 aliphatic carbocycles. The quantitative estimate of drug-likeness (QED) is 0.748. The Morgan fingerprint density at radius 2 is 1.56 bits per heavy atom. The van der Waals surface area contributed by atoms with E-state index in [2.05, 4.69) is 4.90 Å². The summed E-state index contributed by atoms with van der Waals surface area (Å²) >= 11 is 0. The van der Waals surface area contributed by atoms with Crippen LogP contribution in [0.5, 0.6) is 5.75 Å². The second-order valence-electron chi connectivity index (χ2n) is 6.46. The van der Waals surface area contributed by atoms with Gasteiger partial charge in [0.2, 0.25) is 0 Å². The molecule has 1 aliphatic heterocycles. The third-order valence-corrected chi connectivity index (χ3v) is 4.60. The van der Waals surface area contributed by atoms with E-state index in [9.17, 15) is 5.11 Å². The number of likely N-dealkylation sites (tertiary alicyclic amines) is 1. The average molecular weight is 341 g/mol. The zero-order valence-corrected chi connectivity index (χ0v) is 14.6. The van der Waals surface area contributed by atoms with E-state index in [0.717, 1.165) is 37.2 Å².